The Bertz CT molecular complexity index is 647. The van der Waals surface area contributed by atoms with E-state index >= 15 is 0 Å². The monoisotopic (exact) mass is 279 g/mol. The zero-order valence-electron chi connectivity index (χ0n) is 9.71. The first-order valence-electron chi connectivity index (χ1n) is 5.28. The molecule has 0 saturated heterocycles. The van der Waals surface area contributed by atoms with Crippen molar-refractivity contribution in [3.05, 3.63) is 50.8 Å². The highest BCUT2D eigenvalue weighted by atomic mass is 35.5. The van der Waals surface area contributed by atoms with Crippen LogP contribution in [-0.2, 0) is 6.42 Å². The molecule has 0 saturated carbocycles. The summed E-state index contributed by atoms with van der Waals surface area (Å²) in [6.45, 7) is 0. The summed E-state index contributed by atoms with van der Waals surface area (Å²) in [5.74, 6) is -0.111. The Morgan fingerprint density at radius 3 is 2.58 bits per heavy atom. The van der Waals surface area contributed by atoms with Crippen LogP contribution in [0.25, 0.3) is 0 Å². The van der Waals surface area contributed by atoms with Gasteiger partial charge < -0.3 is 11.5 Å². The van der Waals surface area contributed by atoms with Crippen molar-refractivity contribution < 1.29 is 4.92 Å². The number of nitro groups is 1. The third-order valence-electron chi connectivity index (χ3n) is 2.53. The quantitative estimate of drug-likeness (QED) is 0.382. The number of nitrogens with zero attached hydrogens (tertiary/aromatic N) is 3. The van der Waals surface area contributed by atoms with Crippen LogP contribution in [-0.4, -0.2) is 14.9 Å². The van der Waals surface area contributed by atoms with E-state index in [1.807, 2.05) is 0 Å². The predicted molar refractivity (Wildman–Crippen MR) is 71.8 cm³/mol. The Balaban J connectivity index is 2.51. The number of hydrogen-bond acceptors (Lipinski definition) is 6. The lowest BCUT2D eigenvalue weighted by molar-refractivity contribution is -0.386. The average Bonchev–Trinajstić information content (AvgIpc) is 2.30. The smallest absolute Gasteiger partial charge is 0.328 e. The molecule has 0 fully saturated rings. The molecular weight excluding hydrogens is 270 g/mol. The van der Waals surface area contributed by atoms with Crippen molar-refractivity contribution >= 4 is 28.9 Å². The molecule has 0 radical (unpaired) electrons. The van der Waals surface area contributed by atoms with Crippen molar-refractivity contribution in [2.45, 2.75) is 6.42 Å². The van der Waals surface area contributed by atoms with E-state index in [1.165, 1.54) is 0 Å². The molecule has 19 heavy (non-hydrogen) atoms. The van der Waals surface area contributed by atoms with Gasteiger partial charge in [0.05, 0.1) is 4.92 Å². The molecule has 0 unspecified atom stereocenters. The summed E-state index contributed by atoms with van der Waals surface area (Å²) in [6, 6.07) is 7.01. The third kappa shape index (κ3) is 2.71. The predicted octanol–water partition coefficient (Wildman–Crippen LogP) is 1.79. The van der Waals surface area contributed by atoms with Gasteiger partial charge in [0.25, 0.3) is 0 Å². The summed E-state index contributed by atoms with van der Waals surface area (Å²) >= 11 is 5.73. The molecule has 2 aromatic rings. The van der Waals surface area contributed by atoms with Gasteiger partial charge in [0.2, 0.25) is 11.1 Å². The topological polar surface area (TPSA) is 121 Å². The maximum atomic E-state index is 11.0. The highest BCUT2D eigenvalue weighted by Crippen LogP contribution is 2.28. The molecule has 1 heterocycles. The average molecular weight is 280 g/mol. The van der Waals surface area contributed by atoms with Gasteiger partial charge in [0.1, 0.15) is 5.69 Å². The molecule has 0 aliphatic rings. The van der Waals surface area contributed by atoms with Gasteiger partial charge >= 0.3 is 5.69 Å². The number of benzene rings is 1. The number of rotatable bonds is 3. The van der Waals surface area contributed by atoms with E-state index in [0.717, 1.165) is 0 Å². The standard InChI is InChI=1S/C11H10ClN5O2/c12-10-9(17(18)19)8(15-11(14)16-10)5-6-3-1-2-4-7(6)13/h1-4H,5,13H2,(H2,14,15,16). The van der Waals surface area contributed by atoms with Gasteiger partial charge in [0.15, 0.2) is 0 Å². The van der Waals surface area contributed by atoms with Crippen LogP contribution in [0.3, 0.4) is 0 Å². The first kappa shape index (κ1) is 13.0. The van der Waals surface area contributed by atoms with Crippen LogP contribution in [0.5, 0.6) is 0 Å². The fraction of sp³-hybridized carbons (Fsp3) is 0.0909. The Morgan fingerprint density at radius 1 is 1.26 bits per heavy atom. The second-order valence-electron chi connectivity index (χ2n) is 3.80. The van der Waals surface area contributed by atoms with Gasteiger partial charge in [-0.3, -0.25) is 10.1 Å². The number of halogens is 1. The highest BCUT2D eigenvalue weighted by molar-refractivity contribution is 6.31. The molecule has 8 heteroatoms. The maximum absolute atomic E-state index is 11.0. The summed E-state index contributed by atoms with van der Waals surface area (Å²) in [5, 5.41) is 10.7. The normalized spacial score (nSPS) is 10.4. The minimum atomic E-state index is -0.629. The van der Waals surface area contributed by atoms with Gasteiger partial charge in [-0.2, -0.15) is 4.98 Å². The summed E-state index contributed by atoms with van der Waals surface area (Å²) < 4.78 is 0. The molecule has 0 amide bonds. The number of para-hydroxylation sites is 1. The second kappa shape index (κ2) is 5.07. The van der Waals surface area contributed by atoms with E-state index < -0.39 is 4.92 Å². The molecule has 0 aliphatic carbocycles. The summed E-state index contributed by atoms with van der Waals surface area (Å²) in [6.07, 6.45) is 0.162. The lowest BCUT2D eigenvalue weighted by atomic mass is 10.1. The van der Waals surface area contributed by atoms with Crippen molar-refractivity contribution in [3.63, 3.8) is 0 Å². The van der Waals surface area contributed by atoms with E-state index in [2.05, 4.69) is 9.97 Å². The Hall–Kier alpha value is -2.41. The molecule has 98 valence electrons. The van der Waals surface area contributed by atoms with Crippen LogP contribution in [0.1, 0.15) is 11.3 Å². The zero-order valence-corrected chi connectivity index (χ0v) is 10.5. The summed E-state index contributed by atoms with van der Waals surface area (Å²) in [5.41, 5.74) is 12.3. The minimum absolute atomic E-state index is 0.111. The number of anilines is 2. The first-order chi connectivity index (χ1) is 8.99. The summed E-state index contributed by atoms with van der Waals surface area (Å²) in [4.78, 5) is 17.8. The molecule has 0 aliphatic heterocycles. The Morgan fingerprint density at radius 2 is 1.95 bits per heavy atom. The molecule has 0 spiro atoms. The molecule has 0 atom stereocenters. The van der Waals surface area contributed by atoms with E-state index in [9.17, 15) is 10.1 Å². The third-order valence-corrected chi connectivity index (χ3v) is 2.79. The fourth-order valence-corrected chi connectivity index (χ4v) is 1.93. The van der Waals surface area contributed by atoms with Gasteiger partial charge in [-0.1, -0.05) is 29.8 Å². The molecule has 4 N–H and O–H groups in total. The van der Waals surface area contributed by atoms with Gasteiger partial charge in [-0.05, 0) is 11.6 Å². The minimum Gasteiger partial charge on any atom is -0.398 e. The maximum Gasteiger partial charge on any atom is 0.328 e. The Kier molecular flexibility index (Phi) is 3.48. The largest absolute Gasteiger partial charge is 0.398 e. The van der Waals surface area contributed by atoms with Gasteiger partial charge in [-0.25, -0.2) is 4.98 Å². The van der Waals surface area contributed by atoms with Crippen LogP contribution in [0.15, 0.2) is 24.3 Å². The molecule has 7 nitrogen and oxygen atoms in total. The van der Waals surface area contributed by atoms with Gasteiger partial charge in [0, 0.05) is 12.1 Å². The van der Waals surface area contributed by atoms with E-state index in [1.54, 1.807) is 24.3 Å². The molecule has 1 aromatic heterocycles. The first-order valence-corrected chi connectivity index (χ1v) is 5.66. The molecular formula is C11H10ClN5O2. The highest BCUT2D eigenvalue weighted by Gasteiger charge is 2.23. The molecule has 1 aromatic carbocycles. The van der Waals surface area contributed by atoms with Crippen molar-refractivity contribution in [1.82, 2.24) is 9.97 Å². The van der Waals surface area contributed by atoms with Crippen molar-refractivity contribution in [1.29, 1.82) is 0 Å². The van der Waals surface area contributed by atoms with E-state index in [4.69, 9.17) is 23.1 Å². The number of aromatic nitrogens is 2. The number of nitrogen functional groups attached to an aromatic ring is 2. The van der Waals surface area contributed by atoms with Crippen molar-refractivity contribution in [3.8, 4) is 0 Å². The van der Waals surface area contributed by atoms with E-state index in [-0.39, 0.29) is 28.9 Å². The van der Waals surface area contributed by atoms with Crippen LogP contribution < -0.4 is 11.5 Å². The Labute approximate surface area is 113 Å². The van der Waals surface area contributed by atoms with Crippen LogP contribution in [0, 0.1) is 10.1 Å². The van der Waals surface area contributed by atoms with Crippen LogP contribution in [0.2, 0.25) is 5.15 Å². The summed E-state index contributed by atoms with van der Waals surface area (Å²) in [7, 11) is 0. The molecule has 2 rings (SSSR count). The lowest BCUT2D eigenvalue weighted by Crippen LogP contribution is -2.07. The van der Waals surface area contributed by atoms with Crippen LogP contribution >= 0.6 is 11.6 Å². The fourth-order valence-electron chi connectivity index (χ4n) is 1.67. The molecule has 0 bridgehead atoms. The second-order valence-corrected chi connectivity index (χ2v) is 4.16. The van der Waals surface area contributed by atoms with Crippen molar-refractivity contribution in [2.75, 3.05) is 11.5 Å². The van der Waals surface area contributed by atoms with E-state index in [0.29, 0.717) is 11.3 Å². The van der Waals surface area contributed by atoms with Crippen molar-refractivity contribution in [2.24, 2.45) is 0 Å². The number of hydrogen-bond donors (Lipinski definition) is 2. The number of nitrogens with two attached hydrogens (primary N) is 2. The lowest BCUT2D eigenvalue weighted by Gasteiger charge is -2.06. The van der Waals surface area contributed by atoms with Gasteiger partial charge in [-0.15, -0.1) is 0 Å². The SMILES string of the molecule is Nc1nc(Cl)c([N+](=O)[O-])c(Cc2ccccc2N)n1. The van der Waals surface area contributed by atoms with Crippen LogP contribution in [0.4, 0.5) is 17.3 Å². The zero-order chi connectivity index (χ0) is 14.0.